The number of rotatable bonds is 6. The van der Waals surface area contributed by atoms with Crippen molar-refractivity contribution in [2.24, 2.45) is 0 Å². The molecule has 24 heavy (non-hydrogen) atoms. The Balaban J connectivity index is 0.00000288. The predicted molar refractivity (Wildman–Crippen MR) is 74.0 cm³/mol. The van der Waals surface area contributed by atoms with Gasteiger partial charge in [0.2, 0.25) is 6.29 Å². The van der Waals surface area contributed by atoms with Crippen molar-refractivity contribution in [3.63, 3.8) is 0 Å². The molecule has 5 N–H and O–H groups in total. The first-order valence-corrected chi connectivity index (χ1v) is 6.88. The molecule has 5 atom stereocenters. The van der Waals surface area contributed by atoms with E-state index in [0.29, 0.717) is 11.4 Å². The van der Waals surface area contributed by atoms with E-state index >= 15 is 0 Å². The van der Waals surface area contributed by atoms with E-state index in [-0.39, 0.29) is 29.6 Å². The second kappa shape index (κ2) is 9.54. The molecule has 1 saturated heterocycles. The van der Waals surface area contributed by atoms with Crippen LogP contribution in [0, 0.1) is 0 Å². The van der Waals surface area contributed by atoms with E-state index in [0.717, 1.165) is 0 Å². The maximum absolute atomic E-state index is 10.5. The van der Waals surface area contributed by atoms with E-state index in [4.69, 9.17) is 19.9 Å². The van der Waals surface area contributed by atoms with Crippen LogP contribution >= 0.6 is 0 Å². The predicted octanol–water partition coefficient (Wildman–Crippen LogP) is -5.77. The quantitative estimate of drug-likeness (QED) is 0.290. The Morgan fingerprint density at radius 3 is 2.42 bits per heavy atom. The second-order valence-corrected chi connectivity index (χ2v) is 5.04. The maximum Gasteiger partial charge on any atom is 1.00 e. The molecule has 2 rings (SSSR count). The van der Waals surface area contributed by atoms with E-state index in [9.17, 15) is 25.2 Å². The third-order valence-electron chi connectivity index (χ3n) is 3.35. The van der Waals surface area contributed by atoms with Gasteiger partial charge in [-0.2, -0.15) is 0 Å². The molecule has 0 aliphatic carbocycles. The summed E-state index contributed by atoms with van der Waals surface area (Å²) in [5, 5.41) is 39.9. The number of hydrogen-bond acceptors (Lipinski definition) is 9. The van der Waals surface area contributed by atoms with Crippen LogP contribution in [0.1, 0.15) is 0 Å². The fourth-order valence-corrected chi connectivity index (χ4v) is 2.19. The fourth-order valence-electron chi connectivity index (χ4n) is 2.19. The van der Waals surface area contributed by atoms with Gasteiger partial charge in [0, 0.05) is 5.69 Å². The summed E-state index contributed by atoms with van der Waals surface area (Å²) >= 11 is 0. The Labute approximate surface area is 160 Å². The minimum absolute atomic E-state index is 0. The van der Waals surface area contributed by atoms with Gasteiger partial charge in [-0.1, -0.05) is 0 Å². The van der Waals surface area contributed by atoms with E-state index in [1.807, 2.05) is 0 Å². The first-order valence-electron chi connectivity index (χ1n) is 6.88. The molecule has 9 nitrogen and oxygen atoms in total. The average Bonchev–Trinajstić information content (AvgIpc) is 2.51. The van der Waals surface area contributed by atoms with Crippen molar-refractivity contribution in [3.05, 3.63) is 24.3 Å². The summed E-state index contributed by atoms with van der Waals surface area (Å²) in [6.45, 7) is -1.40. The van der Waals surface area contributed by atoms with Gasteiger partial charge in [-0.05, 0) is 24.3 Å². The molecule has 1 aromatic rings. The van der Waals surface area contributed by atoms with Crippen molar-refractivity contribution < 1.29 is 69.0 Å². The summed E-state index contributed by atoms with van der Waals surface area (Å²) in [6.07, 6.45) is -6.61. The topological polar surface area (TPSA) is 155 Å². The zero-order valence-corrected chi connectivity index (χ0v) is 15.1. The molecule has 0 amide bonds. The van der Waals surface area contributed by atoms with Gasteiger partial charge in [-0.15, -0.1) is 0 Å². The van der Waals surface area contributed by atoms with Gasteiger partial charge in [0.1, 0.15) is 30.2 Å². The Morgan fingerprint density at radius 2 is 1.88 bits per heavy atom. The number of anilines is 1. The van der Waals surface area contributed by atoms with Crippen molar-refractivity contribution in [1.29, 1.82) is 0 Å². The van der Waals surface area contributed by atoms with Crippen LogP contribution in [-0.2, 0) is 14.3 Å². The molecule has 1 aliphatic rings. The number of carboxylic acids is 1. The molecular weight excluding hydrogens is 333 g/mol. The Kier molecular flexibility index (Phi) is 8.40. The number of carboxylic acid groups (broad SMARTS) is 1. The Bertz CT molecular complexity index is 528. The molecule has 1 fully saturated rings. The van der Waals surface area contributed by atoms with Crippen LogP contribution in [0.15, 0.2) is 24.3 Å². The third-order valence-corrected chi connectivity index (χ3v) is 3.35. The van der Waals surface area contributed by atoms with E-state index < -0.39 is 49.9 Å². The summed E-state index contributed by atoms with van der Waals surface area (Å²) in [6, 6.07) is 6.24. The summed E-state index contributed by atoms with van der Waals surface area (Å²) < 4.78 is 15.7. The van der Waals surface area contributed by atoms with Crippen LogP contribution in [-0.4, -0.2) is 65.2 Å². The van der Waals surface area contributed by atoms with Crippen LogP contribution in [0.3, 0.4) is 0 Å². The van der Waals surface area contributed by atoms with E-state index in [2.05, 4.69) is 0 Å². The summed E-state index contributed by atoms with van der Waals surface area (Å²) in [7, 11) is 0. The molecule has 0 aromatic heterocycles. The number of benzene rings is 1. The monoisotopic (exact) mass is 351 g/mol. The van der Waals surface area contributed by atoms with Crippen LogP contribution in [0.4, 0.5) is 5.69 Å². The normalized spacial score (nSPS) is 29.5. The number of carbonyl (C=O) groups is 1. The van der Waals surface area contributed by atoms with Crippen molar-refractivity contribution in [2.75, 3.05) is 18.9 Å². The number of nitrogens with two attached hydrogens (primary N) is 1. The van der Waals surface area contributed by atoms with Gasteiger partial charge in [0.05, 0.1) is 19.2 Å². The van der Waals surface area contributed by atoms with Crippen molar-refractivity contribution in [3.8, 4) is 5.75 Å². The molecule has 0 saturated carbocycles. The van der Waals surface area contributed by atoms with Crippen molar-refractivity contribution in [2.45, 2.75) is 30.7 Å². The number of aliphatic hydroxyl groups excluding tert-OH is 3. The zero-order valence-electron chi connectivity index (χ0n) is 13.1. The Hall–Kier alpha value is -0.910. The molecule has 1 aromatic carbocycles. The average molecular weight is 351 g/mol. The van der Waals surface area contributed by atoms with Crippen LogP contribution in [0.5, 0.6) is 5.75 Å². The number of ether oxygens (including phenoxy) is 3. The first-order chi connectivity index (χ1) is 10.9. The third kappa shape index (κ3) is 5.30. The van der Waals surface area contributed by atoms with E-state index in [1.54, 1.807) is 24.3 Å². The van der Waals surface area contributed by atoms with Gasteiger partial charge in [-0.3, -0.25) is 0 Å². The minimum atomic E-state index is -1.51. The fraction of sp³-hybridized carbons (Fsp3) is 0.500. The maximum atomic E-state index is 10.5. The molecule has 0 spiro atoms. The molecule has 1 heterocycles. The molecular formula is C14H18NNaO8. The van der Waals surface area contributed by atoms with Crippen molar-refractivity contribution in [1.82, 2.24) is 0 Å². The van der Waals surface area contributed by atoms with E-state index in [1.165, 1.54) is 0 Å². The SMILES string of the molecule is Nc1ccc(O[C@@H]2O[C@H](CO)[C@H](O)[C@H](OCC(=O)[O-])[C@H]2O)cc1.[Na+]. The largest absolute Gasteiger partial charge is 1.00 e. The van der Waals surface area contributed by atoms with Gasteiger partial charge in [0.25, 0.3) is 0 Å². The van der Waals surface area contributed by atoms with Crippen LogP contribution < -0.4 is 45.1 Å². The Morgan fingerprint density at radius 1 is 1.25 bits per heavy atom. The number of hydrogen-bond donors (Lipinski definition) is 4. The summed E-state index contributed by atoms with van der Waals surface area (Å²) in [4.78, 5) is 10.5. The van der Waals surface area contributed by atoms with Gasteiger partial charge < -0.3 is 45.2 Å². The molecule has 0 unspecified atom stereocenters. The first kappa shape index (κ1) is 21.1. The summed E-state index contributed by atoms with van der Waals surface area (Å²) in [5.41, 5.74) is 6.07. The second-order valence-electron chi connectivity index (χ2n) is 5.04. The van der Waals surface area contributed by atoms with Gasteiger partial charge >= 0.3 is 29.6 Å². The minimum Gasteiger partial charge on any atom is -0.548 e. The number of aliphatic carboxylic acids is 1. The standard InChI is InChI=1S/C14H19NO8.Na/c15-7-1-3-8(4-2-7)22-14-12(20)13(21-6-10(17)18)11(19)9(5-16)23-14;/h1-4,9,11-14,16,19-20H,5-6,15H2,(H,17,18);/q;+1/p-1/t9-,11+,12-,13+,14-;/m1./s1. The molecule has 1 aliphatic heterocycles. The number of carbonyl (C=O) groups excluding carboxylic acids is 1. The smallest absolute Gasteiger partial charge is 0.548 e. The number of aliphatic hydroxyl groups is 3. The zero-order chi connectivity index (χ0) is 17.0. The molecule has 0 bridgehead atoms. The van der Waals surface area contributed by atoms with Crippen molar-refractivity contribution >= 4 is 11.7 Å². The molecule has 0 radical (unpaired) electrons. The van der Waals surface area contributed by atoms with Gasteiger partial charge in [0.15, 0.2) is 0 Å². The van der Waals surface area contributed by atoms with Gasteiger partial charge in [-0.25, -0.2) is 0 Å². The van der Waals surface area contributed by atoms with Crippen LogP contribution in [0.2, 0.25) is 0 Å². The molecule has 10 heteroatoms. The number of nitrogen functional groups attached to an aromatic ring is 1. The van der Waals surface area contributed by atoms with Crippen LogP contribution in [0.25, 0.3) is 0 Å². The molecule has 128 valence electrons. The summed E-state index contributed by atoms with van der Waals surface area (Å²) in [5.74, 6) is -1.18.